The predicted molar refractivity (Wildman–Crippen MR) is 177 cm³/mol. The molecule has 238 valence electrons. The quantitative estimate of drug-likeness (QED) is 0.0382. The zero-order valence-electron chi connectivity index (χ0n) is 27.8. The summed E-state index contributed by atoms with van der Waals surface area (Å²) in [5, 5.41) is 10.5. The topological polar surface area (TPSA) is 54.4 Å². The van der Waals surface area contributed by atoms with Crippen molar-refractivity contribution in [3.63, 3.8) is 0 Å². The van der Waals surface area contributed by atoms with Crippen molar-refractivity contribution < 1.29 is 19.2 Å². The van der Waals surface area contributed by atoms with E-state index in [1.165, 1.54) is 122 Å². The third-order valence-corrected chi connectivity index (χ3v) is 9.26. The fraction of sp³-hybridized carbons (Fsp3) is 0.943. The molecule has 0 aliphatic rings. The van der Waals surface area contributed by atoms with Crippen LogP contribution in [-0.4, -0.2) is 54.4 Å². The molecule has 0 bridgehead atoms. The van der Waals surface area contributed by atoms with Crippen LogP contribution in [0.2, 0.25) is 0 Å². The highest BCUT2D eigenvalue weighted by atomic mass is 31.1. The van der Waals surface area contributed by atoms with Gasteiger partial charge >= 0.3 is 0 Å². The van der Waals surface area contributed by atoms with E-state index in [9.17, 15) is 14.7 Å². The second kappa shape index (κ2) is 27.5. The van der Waals surface area contributed by atoms with E-state index in [2.05, 4.69) is 13.8 Å². The molecule has 0 radical (unpaired) electrons. The molecule has 1 N–H and O–H groups in total. The number of unbranched alkanes of at least 4 members (excludes halogenated alkanes) is 21. The zero-order chi connectivity index (χ0) is 29.9. The van der Waals surface area contributed by atoms with E-state index < -0.39 is 11.8 Å². The first-order valence-corrected chi connectivity index (χ1v) is 18.6. The molecule has 0 saturated carbocycles. The minimum atomic E-state index is -0.647. The number of rotatable bonds is 31. The second-order valence-corrected chi connectivity index (χ2v) is 14.9. The first-order chi connectivity index (χ1) is 19.2. The van der Waals surface area contributed by atoms with Crippen LogP contribution in [0.25, 0.3) is 0 Å². The van der Waals surface area contributed by atoms with Crippen LogP contribution in [-0.2, 0) is 9.59 Å². The standard InChI is InChI=1S/C35H71NO3P/c1-6-8-10-12-14-16-18-20-21-23-25-27-29-32(35(39)40-34(38)31-36(3,4)5)33(37)30-28-26-24-22-19-17-15-13-11-9-7-2/h32,34,38,40H,6-31H2,1-5H3/q+1. The van der Waals surface area contributed by atoms with Crippen molar-refractivity contribution in [1.29, 1.82) is 0 Å². The maximum absolute atomic E-state index is 13.1. The van der Waals surface area contributed by atoms with Gasteiger partial charge in [0.05, 0.1) is 27.1 Å². The van der Waals surface area contributed by atoms with Gasteiger partial charge in [0.1, 0.15) is 18.2 Å². The fourth-order valence-electron chi connectivity index (χ4n) is 5.59. The Balaban J connectivity index is 4.31. The first kappa shape index (κ1) is 39.7. The van der Waals surface area contributed by atoms with Gasteiger partial charge in [-0.3, -0.25) is 9.59 Å². The summed E-state index contributed by atoms with van der Waals surface area (Å²) in [5.41, 5.74) is -0.00269. The molecule has 40 heavy (non-hydrogen) atoms. The Morgan fingerprint density at radius 1 is 0.575 bits per heavy atom. The van der Waals surface area contributed by atoms with Gasteiger partial charge in [-0.25, -0.2) is 0 Å². The molecule has 0 heterocycles. The molecule has 0 aromatic heterocycles. The monoisotopic (exact) mass is 585 g/mol. The highest BCUT2D eigenvalue weighted by Crippen LogP contribution is 2.29. The van der Waals surface area contributed by atoms with Crippen LogP contribution in [0, 0.1) is 5.92 Å². The molecule has 0 fully saturated rings. The Bertz CT molecular complexity index is 590. The van der Waals surface area contributed by atoms with E-state index >= 15 is 0 Å². The maximum Gasteiger partial charge on any atom is 0.164 e. The molecule has 0 amide bonds. The highest BCUT2D eigenvalue weighted by Gasteiger charge is 2.28. The Labute approximate surface area is 252 Å². The molecule has 5 heteroatoms. The van der Waals surface area contributed by atoms with E-state index in [0.29, 0.717) is 23.9 Å². The van der Waals surface area contributed by atoms with Crippen molar-refractivity contribution in [2.24, 2.45) is 5.92 Å². The normalized spacial score (nSPS) is 13.8. The van der Waals surface area contributed by atoms with E-state index in [-0.39, 0.29) is 19.9 Å². The van der Waals surface area contributed by atoms with Gasteiger partial charge < -0.3 is 9.59 Å². The molecule has 3 atom stereocenters. The third-order valence-electron chi connectivity index (χ3n) is 8.11. The lowest BCUT2D eigenvalue weighted by molar-refractivity contribution is -0.871. The third kappa shape index (κ3) is 26.6. The summed E-state index contributed by atoms with van der Waals surface area (Å²) < 4.78 is 0.623. The number of hydrogen-bond acceptors (Lipinski definition) is 3. The molecule has 4 nitrogen and oxygen atoms in total. The maximum atomic E-state index is 13.1. The molecule has 0 rings (SSSR count). The van der Waals surface area contributed by atoms with E-state index in [1.807, 2.05) is 21.1 Å². The summed E-state index contributed by atoms with van der Waals surface area (Å²) in [7, 11) is 5.90. The lowest BCUT2D eigenvalue weighted by Crippen LogP contribution is -2.40. The Kier molecular flexibility index (Phi) is 27.3. The molecular weight excluding hydrogens is 513 g/mol. The molecule has 3 unspecified atom stereocenters. The minimum Gasteiger partial charge on any atom is -0.383 e. The molecular formula is C35H71NO3P+. The first-order valence-electron chi connectivity index (χ1n) is 17.5. The van der Waals surface area contributed by atoms with Gasteiger partial charge in [0.2, 0.25) is 0 Å². The number of aliphatic hydroxyl groups excluding tert-OH is 1. The number of ketones is 1. The van der Waals surface area contributed by atoms with E-state index in [4.69, 9.17) is 0 Å². The van der Waals surface area contributed by atoms with Crippen LogP contribution in [0.5, 0.6) is 0 Å². The van der Waals surface area contributed by atoms with Crippen molar-refractivity contribution >= 4 is 19.9 Å². The van der Waals surface area contributed by atoms with Crippen LogP contribution in [0.3, 0.4) is 0 Å². The summed E-state index contributed by atoms with van der Waals surface area (Å²) >= 11 is 0. The van der Waals surface area contributed by atoms with Crippen molar-refractivity contribution in [2.75, 3.05) is 27.7 Å². The van der Waals surface area contributed by atoms with Crippen molar-refractivity contribution in [3.8, 4) is 0 Å². The van der Waals surface area contributed by atoms with Gasteiger partial charge in [0.25, 0.3) is 0 Å². The predicted octanol–water partition coefficient (Wildman–Crippen LogP) is 10.2. The highest BCUT2D eigenvalue weighted by molar-refractivity contribution is 7.58. The average Bonchev–Trinajstić information content (AvgIpc) is 2.88. The average molecular weight is 585 g/mol. The Hall–Kier alpha value is -0.310. The van der Waals surface area contributed by atoms with E-state index in [0.717, 1.165) is 25.7 Å². The number of nitrogens with zero attached hydrogens (tertiary/aromatic N) is 1. The second-order valence-electron chi connectivity index (χ2n) is 13.5. The van der Waals surface area contributed by atoms with Crippen LogP contribution in [0.4, 0.5) is 0 Å². The number of hydrogen-bond donors (Lipinski definition) is 1. The summed E-state index contributed by atoms with van der Waals surface area (Å²) in [6, 6.07) is 0. The fourth-order valence-corrected chi connectivity index (χ4v) is 7.07. The lowest BCUT2D eigenvalue weighted by atomic mass is 9.93. The summed E-state index contributed by atoms with van der Waals surface area (Å²) in [6.07, 6.45) is 30.5. The number of quaternary nitrogens is 1. The van der Waals surface area contributed by atoms with Crippen LogP contribution in [0.15, 0.2) is 0 Å². The Morgan fingerprint density at radius 2 is 0.925 bits per heavy atom. The molecule has 0 aromatic rings. The molecule has 0 aliphatic heterocycles. The number of Topliss-reactive ketones (excluding diaryl/α,β-unsaturated/α-hetero) is 1. The number of carbonyl (C=O) groups is 2. The molecule has 0 aromatic carbocycles. The van der Waals surface area contributed by atoms with Crippen molar-refractivity contribution in [2.45, 2.75) is 180 Å². The largest absolute Gasteiger partial charge is 0.383 e. The summed E-state index contributed by atoms with van der Waals surface area (Å²) in [6.45, 7) is 5.07. The van der Waals surface area contributed by atoms with Crippen molar-refractivity contribution in [3.05, 3.63) is 0 Å². The van der Waals surface area contributed by atoms with Crippen molar-refractivity contribution in [1.82, 2.24) is 0 Å². The number of carbonyl (C=O) groups excluding carboxylic acids is 2. The van der Waals surface area contributed by atoms with Gasteiger partial charge in [-0.15, -0.1) is 0 Å². The van der Waals surface area contributed by atoms with Gasteiger partial charge in [-0.2, -0.15) is 0 Å². The zero-order valence-corrected chi connectivity index (χ0v) is 28.8. The van der Waals surface area contributed by atoms with E-state index in [1.54, 1.807) is 0 Å². The number of aliphatic hydroxyl groups is 1. The SMILES string of the molecule is CCCCCCCCCCCCCCC(C(=O)CCCCCCCCCCCCC)C(=O)PC(O)C[N+](C)(C)C. The summed E-state index contributed by atoms with van der Waals surface area (Å²) in [5.74, 6) is -1.01. The van der Waals surface area contributed by atoms with Gasteiger partial charge in [0, 0.05) is 6.42 Å². The smallest absolute Gasteiger partial charge is 0.164 e. The van der Waals surface area contributed by atoms with Gasteiger partial charge in [-0.05, 0) is 21.4 Å². The molecule has 0 spiro atoms. The summed E-state index contributed by atoms with van der Waals surface area (Å²) in [4.78, 5) is 26.3. The van der Waals surface area contributed by atoms with Gasteiger partial charge in [0.15, 0.2) is 5.52 Å². The van der Waals surface area contributed by atoms with Crippen LogP contribution in [0.1, 0.15) is 174 Å². The Morgan fingerprint density at radius 3 is 1.30 bits per heavy atom. The van der Waals surface area contributed by atoms with Crippen LogP contribution < -0.4 is 0 Å². The minimum absolute atomic E-state index is 0.00269. The lowest BCUT2D eigenvalue weighted by Gasteiger charge is -2.27. The number of likely N-dealkylation sites (N-methyl/N-ethyl adjacent to an activating group) is 1. The van der Waals surface area contributed by atoms with Crippen LogP contribution >= 0.6 is 8.58 Å². The molecule has 0 saturated heterocycles. The molecule has 0 aliphatic carbocycles. The van der Waals surface area contributed by atoms with Gasteiger partial charge in [-0.1, -0.05) is 155 Å².